The van der Waals surface area contributed by atoms with Crippen molar-refractivity contribution in [2.45, 2.75) is 108 Å². The number of ether oxygens (including phenoxy) is 1. The first-order chi connectivity index (χ1) is 14.7. The zero-order chi connectivity index (χ0) is 23.5. The molecule has 2 N–H and O–H groups in total. The van der Waals surface area contributed by atoms with Gasteiger partial charge in [-0.15, -0.1) is 0 Å². The number of esters is 2. The van der Waals surface area contributed by atoms with Gasteiger partial charge in [-0.3, -0.25) is 18.9 Å². The van der Waals surface area contributed by atoms with E-state index in [0.717, 1.165) is 38.5 Å². The minimum atomic E-state index is -4.97. The monoisotopic (exact) mass is 462 g/mol. The minimum absolute atomic E-state index is 0.0742. The lowest BCUT2D eigenvalue weighted by Crippen LogP contribution is -2.35. The lowest BCUT2D eigenvalue weighted by atomic mass is 10.1. The highest BCUT2D eigenvalue weighted by atomic mass is 32.2. The molecule has 0 aromatic rings. The number of carboxylic acids is 1. The van der Waals surface area contributed by atoms with Gasteiger partial charge in [0.05, 0.1) is 6.42 Å². The standard InChI is InChI=1S/C22H38O8S/c1-2-3-4-5-6-7-8-9-10-11-12-13-14-15-16-17-21(25)30-22(26)19(18-20(23)24)31(27,28)29/h9-10,19H,2-8,11-18H2,1H3,(H,23,24)(H,27,28,29). The normalized spacial score (nSPS) is 12.7. The summed E-state index contributed by atoms with van der Waals surface area (Å²) in [7, 11) is -4.97. The largest absolute Gasteiger partial charge is 0.481 e. The predicted octanol–water partition coefficient (Wildman–Crippen LogP) is 4.82. The van der Waals surface area contributed by atoms with Gasteiger partial charge in [0.25, 0.3) is 10.1 Å². The zero-order valence-corrected chi connectivity index (χ0v) is 19.4. The molecule has 0 aromatic heterocycles. The summed E-state index contributed by atoms with van der Waals surface area (Å²) >= 11 is 0. The van der Waals surface area contributed by atoms with E-state index in [0.29, 0.717) is 6.42 Å². The Labute approximate surface area is 186 Å². The van der Waals surface area contributed by atoms with E-state index in [1.54, 1.807) is 0 Å². The summed E-state index contributed by atoms with van der Waals surface area (Å²) in [5.74, 6) is -4.10. The van der Waals surface area contributed by atoms with Gasteiger partial charge in [-0.1, -0.05) is 70.4 Å². The molecule has 0 rings (SSSR count). The van der Waals surface area contributed by atoms with Crippen LogP contribution in [0.5, 0.6) is 0 Å². The molecule has 9 heteroatoms. The van der Waals surface area contributed by atoms with Crippen molar-refractivity contribution in [2.75, 3.05) is 0 Å². The first-order valence-electron chi connectivity index (χ1n) is 11.3. The van der Waals surface area contributed by atoms with Gasteiger partial charge in [-0.05, 0) is 32.1 Å². The van der Waals surface area contributed by atoms with Crippen LogP contribution in [0.3, 0.4) is 0 Å². The van der Waals surface area contributed by atoms with Gasteiger partial charge >= 0.3 is 17.9 Å². The molecule has 0 saturated heterocycles. The third-order valence-corrected chi connectivity index (χ3v) is 5.92. The van der Waals surface area contributed by atoms with Crippen LogP contribution in [0.1, 0.15) is 103 Å². The molecule has 0 bridgehead atoms. The summed E-state index contributed by atoms with van der Waals surface area (Å²) in [5, 5.41) is 6.31. The molecule has 0 fully saturated rings. The van der Waals surface area contributed by atoms with Crippen LogP contribution in [-0.4, -0.2) is 41.2 Å². The van der Waals surface area contributed by atoms with Gasteiger partial charge in [0, 0.05) is 6.42 Å². The summed E-state index contributed by atoms with van der Waals surface area (Å²) < 4.78 is 35.4. The number of carbonyl (C=O) groups excluding carboxylic acids is 2. The zero-order valence-electron chi connectivity index (χ0n) is 18.6. The molecule has 0 saturated carbocycles. The molecule has 0 spiro atoms. The SMILES string of the molecule is CCCCCCCCC=CCCCCCCCC(=O)OC(=O)C(CC(=O)O)S(=O)(=O)O. The van der Waals surface area contributed by atoms with Crippen molar-refractivity contribution in [2.24, 2.45) is 0 Å². The van der Waals surface area contributed by atoms with E-state index in [1.165, 1.54) is 38.5 Å². The van der Waals surface area contributed by atoms with Crippen molar-refractivity contribution >= 4 is 28.0 Å². The van der Waals surface area contributed by atoms with Gasteiger partial charge in [-0.25, -0.2) is 0 Å². The maximum Gasteiger partial charge on any atom is 0.335 e. The molecule has 0 radical (unpaired) electrons. The Morgan fingerprint density at radius 1 is 0.839 bits per heavy atom. The lowest BCUT2D eigenvalue weighted by Gasteiger charge is -2.10. The molecule has 8 nitrogen and oxygen atoms in total. The van der Waals surface area contributed by atoms with E-state index < -0.39 is 39.7 Å². The van der Waals surface area contributed by atoms with E-state index in [-0.39, 0.29) is 6.42 Å². The van der Waals surface area contributed by atoms with Crippen molar-refractivity contribution in [1.29, 1.82) is 0 Å². The second kappa shape index (κ2) is 17.9. The molecular weight excluding hydrogens is 424 g/mol. The Balaban J connectivity index is 3.76. The number of aliphatic carboxylic acids is 1. The second-order valence-electron chi connectivity index (χ2n) is 7.73. The Morgan fingerprint density at radius 2 is 1.32 bits per heavy atom. The summed E-state index contributed by atoms with van der Waals surface area (Å²) in [6.07, 6.45) is 17.5. The van der Waals surface area contributed by atoms with Gasteiger partial charge < -0.3 is 9.84 Å². The molecule has 0 aliphatic heterocycles. The Hall–Kier alpha value is -1.74. The van der Waals surface area contributed by atoms with E-state index in [2.05, 4.69) is 23.8 Å². The van der Waals surface area contributed by atoms with Gasteiger partial charge in [0.15, 0.2) is 5.25 Å². The molecule has 180 valence electrons. The molecule has 31 heavy (non-hydrogen) atoms. The fraction of sp³-hybridized carbons (Fsp3) is 0.773. The first-order valence-corrected chi connectivity index (χ1v) is 12.8. The molecule has 0 aromatic carbocycles. The number of carbonyl (C=O) groups is 3. The summed E-state index contributed by atoms with van der Waals surface area (Å²) in [4.78, 5) is 33.9. The number of rotatable bonds is 19. The molecular formula is C22H38O8S. The van der Waals surface area contributed by atoms with Crippen LogP contribution in [0.2, 0.25) is 0 Å². The number of hydrogen-bond acceptors (Lipinski definition) is 6. The number of hydrogen-bond donors (Lipinski definition) is 2. The smallest absolute Gasteiger partial charge is 0.335 e. The van der Waals surface area contributed by atoms with E-state index in [1.807, 2.05) is 0 Å². The van der Waals surface area contributed by atoms with E-state index in [4.69, 9.17) is 9.66 Å². The summed E-state index contributed by atoms with van der Waals surface area (Å²) in [6, 6.07) is 0. The topological polar surface area (TPSA) is 135 Å². The average Bonchev–Trinajstić information content (AvgIpc) is 2.68. The number of carboxylic acid groups (broad SMARTS) is 1. The van der Waals surface area contributed by atoms with Crippen LogP contribution in [0.25, 0.3) is 0 Å². The van der Waals surface area contributed by atoms with Gasteiger partial charge in [0.2, 0.25) is 0 Å². The van der Waals surface area contributed by atoms with Crippen LogP contribution in [0, 0.1) is 0 Å². The van der Waals surface area contributed by atoms with Crippen molar-refractivity contribution in [1.82, 2.24) is 0 Å². The Morgan fingerprint density at radius 3 is 1.81 bits per heavy atom. The van der Waals surface area contributed by atoms with Crippen LogP contribution >= 0.6 is 0 Å². The van der Waals surface area contributed by atoms with Crippen LogP contribution in [0.4, 0.5) is 0 Å². The van der Waals surface area contributed by atoms with Crippen LogP contribution in [0.15, 0.2) is 12.2 Å². The third kappa shape index (κ3) is 17.6. The molecule has 0 aliphatic carbocycles. The van der Waals surface area contributed by atoms with Gasteiger partial charge in [0.1, 0.15) is 0 Å². The van der Waals surface area contributed by atoms with Crippen molar-refractivity contribution in [3.63, 3.8) is 0 Å². The van der Waals surface area contributed by atoms with Crippen molar-refractivity contribution in [3.8, 4) is 0 Å². The maximum absolute atomic E-state index is 11.6. The molecule has 1 atom stereocenters. The highest BCUT2D eigenvalue weighted by molar-refractivity contribution is 7.87. The summed E-state index contributed by atoms with van der Waals surface area (Å²) in [5.41, 5.74) is 0. The van der Waals surface area contributed by atoms with Crippen LogP contribution < -0.4 is 0 Å². The van der Waals surface area contributed by atoms with Crippen molar-refractivity contribution in [3.05, 3.63) is 12.2 Å². The fourth-order valence-corrected chi connectivity index (χ4v) is 3.68. The lowest BCUT2D eigenvalue weighted by molar-refractivity contribution is -0.160. The molecule has 0 aliphatic rings. The Kier molecular flexibility index (Phi) is 16.9. The van der Waals surface area contributed by atoms with E-state index in [9.17, 15) is 22.8 Å². The quantitative estimate of drug-likeness (QED) is 0.0916. The molecule has 0 heterocycles. The highest BCUT2D eigenvalue weighted by Gasteiger charge is 2.36. The Bertz CT molecular complexity index is 654. The maximum atomic E-state index is 11.6. The average molecular weight is 463 g/mol. The first kappa shape index (κ1) is 29.3. The summed E-state index contributed by atoms with van der Waals surface area (Å²) in [6.45, 7) is 2.22. The molecule has 1 unspecified atom stereocenters. The minimum Gasteiger partial charge on any atom is -0.481 e. The van der Waals surface area contributed by atoms with Crippen LogP contribution in [-0.2, 0) is 29.2 Å². The number of allylic oxidation sites excluding steroid dienone is 2. The van der Waals surface area contributed by atoms with Crippen molar-refractivity contribution < 1.29 is 37.2 Å². The number of unbranched alkanes of at least 4 members (excludes halogenated alkanes) is 11. The highest BCUT2D eigenvalue weighted by Crippen LogP contribution is 2.12. The predicted molar refractivity (Wildman–Crippen MR) is 118 cm³/mol. The third-order valence-electron chi connectivity index (χ3n) is 4.84. The van der Waals surface area contributed by atoms with Gasteiger partial charge in [-0.2, -0.15) is 8.42 Å². The fourth-order valence-electron chi connectivity index (χ4n) is 3.04. The van der Waals surface area contributed by atoms with E-state index >= 15 is 0 Å². The second-order valence-corrected chi connectivity index (χ2v) is 9.33. The molecule has 0 amide bonds.